The second-order valence-corrected chi connectivity index (χ2v) is 10.1. The molecule has 0 heterocycles. The summed E-state index contributed by atoms with van der Waals surface area (Å²) in [6.45, 7) is 11.2. The van der Waals surface area contributed by atoms with E-state index in [0.717, 1.165) is 6.42 Å². The van der Waals surface area contributed by atoms with Crippen LogP contribution < -0.4 is 15.2 Å². The summed E-state index contributed by atoms with van der Waals surface area (Å²) in [5.74, 6) is -2.14. The van der Waals surface area contributed by atoms with Crippen molar-refractivity contribution in [2.24, 2.45) is 17.6 Å². The van der Waals surface area contributed by atoms with Crippen LogP contribution >= 0.6 is 0 Å². The molecule has 3 N–H and O–H groups in total. The number of esters is 2. The standard InChI is InChI=1S/C27H41NO9/c1-7-8-11-34-26(33)35-19(6)15-27(28,25(31)32)16-20-9-10-21(36-23(29)12-17(2)3)22(14-20)37-24(30)13-18(4)5/h9-10,14,17-19H,7-8,11-13,15-16,28H2,1-6H3,(H,31,32)/t19-,27?/m0/s1. The highest BCUT2D eigenvalue weighted by Gasteiger charge is 2.37. The average Bonchev–Trinajstić information content (AvgIpc) is 2.74. The van der Waals surface area contributed by atoms with Gasteiger partial charge in [-0.25, -0.2) is 4.79 Å². The third kappa shape index (κ3) is 12.1. The molecule has 0 fully saturated rings. The van der Waals surface area contributed by atoms with E-state index in [-0.39, 0.29) is 55.6 Å². The number of hydrogen-bond donors (Lipinski definition) is 2. The minimum atomic E-state index is -1.81. The molecule has 2 atom stereocenters. The van der Waals surface area contributed by atoms with Crippen LogP contribution in [-0.4, -0.2) is 47.4 Å². The highest BCUT2D eigenvalue weighted by molar-refractivity contribution is 5.79. The van der Waals surface area contributed by atoms with E-state index in [1.807, 2.05) is 34.6 Å². The number of aliphatic carboxylic acids is 1. The Kier molecular flexibility index (Phi) is 13.1. The molecule has 10 nitrogen and oxygen atoms in total. The van der Waals surface area contributed by atoms with Gasteiger partial charge in [0, 0.05) is 25.7 Å². The van der Waals surface area contributed by atoms with Crippen molar-refractivity contribution in [3.63, 3.8) is 0 Å². The van der Waals surface area contributed by atoms with Crippen molar-refractivity contribution < 1.29 is 43.2 Å². The molecule has 0 saturated heterocycles. The van der Waals surface area contributed by atoms with Gasteiger partial charge in [0.2, 0.25) is 0 Å². The predicted octanol–water partition coefficient (Wildman–Crippen LogP) is 4.65. The highest BCUT2D eigenvalue weighted by atomic mass is 16.7. The van der Waals surface area contributed by atoms with E-state index in [4.69, 9.17) is 24.7 Å². The van der Waals surface area contributed by atoms with E-state index in [9.17, 15) is 24.3 Å². The third-order valence-electron chi connectivity index (χ3n) is 5.22. The smallest absolute Gasteiger partial charge is 0.480 e. The molecule has 0 aliphatic carbocycles. The topological polar surface area (TPSA) is 151 Å². The lowest BCUT2D eigenvalue weighted by Gasteiger charge is -2.28. The SMILES string of the molecule is CCCCOC(=O)O[C@@H](C)CC(N)(Cc1ccc(OC(=O)CC(C)C)c(OC(=O)CC(C)C)c1)C(=O)O. The van der Waals surface area contributed by atoms with E-state index < -0.39 is 35.7 Å². The van der Waals surface area contributed by atoms with Crippen molar-refractivity contribution in [2.75, 3.05) is 6.61 Å². The monoisotopic (exact) mass is 523 g/mol. The maximum atomic E-state index is 12.3. The maximum absolute atomic E-state index is 12.3. The molecular weight excluding hydrogens is 482 g/mol. The molecule has 208 valence electrons. The van der Waals surface area contributed by atoms with E-state index in [1.54, 1.807) is 6.07 Å². The van der Waals surface area contributed by atoms with Gasteiger partial charge in [-0.2, -0.15) is 0 Å². The summed E-state index contributed by atoms with van der Waals surface area (Å²) in [5, 5.41) is 9.87. The molecule has 1 aromatic rings. The predicted molar refractivity (Wildman–Crippen MR) is 136 cm³/mol. The van der Waals surface area contributed by atoms with Crippen LogP contribution in [0.2, 0.25) is 0 Å². The number of benzene rings is 1. The van der Waals surface area contributed by atoms with Gasteiger partial charge in [-0.3, -0.25) is 14.4 Å². The normalized spacial score (nSPS) is 13.5. The van der Waals surface area contributed by atoms with Crippen LogP contribution in [0.15, 0.2) is 18.2 Å². The van der Waals surface area contributed by atoms with Crippen molar-refractivity contribution in [1.82, 2.24) is 0 Å². The summed E-state index contributed by atoms with van der Waals surface area (Å²) in [4.78, 5) is 48.5. The van der Waals surface area contributed by atoms with Gasteiger partial charge in [-0.1, -0.05) is 47.1 Å². The number of carbonyl (C=O) groups is 4. The number of carboxylic acid groups (broad SMARTS) is 1. The molecule has 0 radical (unpaired) electrons. The van der Waals surface area contributed by atoms with Gasteiger partial charge >= 0.3 is 24.1 Å². The largest absolute Gasteiger partial charge is 0.508 e. The molecule has 0 aliphatic heterocycles. The molecule has 0 aliphatic rings. The Bertz CT molecular complexity index is 928. The molecule has 1 unspecified atom stereocenters. The van der Waals surface area contributed by atoms with Crippen LogP contribution in [0.25, 0.3) is 0 Å². The minimum absolute atomic E-state index is 0.00297. The number of carboxylic acids is 1. The first-order chi connectivity index (χ1) is 17.2. The fourth-order valence-electron chi connectivity index (χ4n) is 3.47. The molecule has 0 bridgehead atoms. The van der Waals surface area contributed by atoms with E-state index >= 15 is 0 Å². The molecule has 0 amide bonds. The molecule has 1 rings (SSSR count). The van der Waals surface area contributed by atoms with Crippen molar-refractivity contribution in [2.45, 2.75) is 91.7 Å². The zero-order chi connectivity index (χ0) is 28.2. The Morgan fingerprint density at radius 1 is 0.946 bits per heavy atom. The Labute approximate surface area is 218 Å². The number of unbranched alkanes of at least 4 members (excludes halogenated alkanes) is 1. The van der Waals surface area contributed by atoms with Crippen LogP contribution in [0.4, 0.5) is 4.79 Å². The van der Waals surface area contributed by atoms with E-state index in [1.165, 1.54) is 19.1 Å². The van der Waals surface area contributed by atoms with Gasteiger partial charge in [0.25, 0.3) is 0 Å². The summed E-state index contributed by atoms with van der Waals surface area (Å²) in [5.41, 5.74) is 4.86. The number of carbonyl (C=O) groups excluding carboxylic acids is 3. The Morgan fingerprint density at radius 2 is 1.51 bits per heavy atom. The van der Waals surface area contributed by atoms with E-state index in [2.05, 4.69) is 0 Å². The van der Waals surface area contributed by atoms with Gasteiger partial charge in [0.05, 0.1) is 6.61 Å². The Hall–Kier alpha value is -3.14. The summed E-state index contributed by atoms with van der Waals surface area (Å²) in [6.07, 6.45) is -0.247. The van der Waals surface area contributed by atoms with Gasteiger partial charge in [-0.05, 0) is 42.9 Å². The molecule has 0 spiro atoms. The molecule has 1 aromatic carbocycles. The second kappa shape index (κ2) is 15.2. The Balaban J connectivity index is 3.11. The van der Waals surface area contributed by atoms with Gasteiger partial charge in [-0.15, -0.1) is 0 Å². The summed E-state index contributed by atoms with van der Waals surface area (Å²) in [6, 6.07) is 4.43. The molecule has 0 aromatic heterocycles. The quantitative estimate of drug-likeness (QED) is 0.189. The van der Waals surface area contributed by atoms with Crippen LogP contribution in [0.5, 0.6) is 11.5 Å². The fourth-order valence-corrected chi connectivity index (χ4v) is 3.47. The van der Waals surface area contributed by atoms with Crippen LogP contribution in [0.3, 0.4) is 0 Å². The lowest BCUT2D eigenvalue weighted by Crippen LogP contribution is -2.52. The lowest BCUT2D eigenvalue weighted by molar-refractivity contribution is -0.144. The highest BCUT2D eigenvalue weighted by Crippen LogP contribution is 2.32. The summed E-state index contributed by atoms with van der Waals surface area (Å²) < 4.78 is 21.0. The van der Waals surface area contributed by atoms with Crippen molar-refractivity contribution in [3.05, 3.63) is 23.8 Å². The first-order valence-electron chi connectivity index (χ1n) is 12.7. The zero-order valence-electron chi connectivity index (χ0n) is 22.7. The van der Waals surface area contributed by atoms with Gasteiger partial charge < -0.3 is 29.8 Å². The lowest BCUT2D eigenvalue weighted by atomic mass is 9.86. The van der Waals surface area contributed by atoms with Crippen molar-refractivity contribution in [1.29, 1.82) is 0 Å². The molecule has 10 heteroatoms. The maximum Gasteiger partial charge on any atom is 0.508 e. The van der Waals surface area contributed by atoms with Crippen molar-refractivity contribution >= 4 is 24.1 Å². The second-order valence-electron chi connectivity index (χ2n) is 10.1. The zero-order valence-corrected chi connectivity index (χ0v) is 22.7. The summed E-state index contributed by atoms with van der Waals surface area (Å²) in [7, 11) is 0. The third-order valence-corrected chi connectivity index (χ3v) is 5.22. The van der Waals surface area contributed by atoms with Crippen LogP contribution in [0.1, 0.15) is 79.2 Å². The van der Waals surface area contributed by atoms with Crippen LogP contribution in [0, 0.1) is 11.8 Å². The van der Waals surface area contributed by atoms with Gasteiger partial charge in [0.15, 0.2) is 11.5 Å². The van der Waals surface area contributed by atoms with Gasteiger partial charge in [0.1, 0.15) is 11.6 Å². The number of hydrogen-bond acceptors (Lipinski definition) is 9. The Morgan fingerprint density at radius 3 is 2.03 bits per heavy atom. The first kappa shape index (κ1) is 31.9. The van der Waals surface area contributed by atoms with Crippen LogP contribution in [-0.2, 0) is 30.3 Å². The molecule has 37 heavy (non-hydrogen) atoms. The fraction of sp³-hybridized carbons (Fsp3) is 0.630. The molecular formula is C27H41NO9. The van der Waals surface area contributed by atoms with Crippen molar-refractivity contribution in [3.8, 4) is 11.5 Å². The number of rotatable bonds is 15. The minimum Gasteiger partial charge on any atom is -0.480 e. The molecule has 0 saturated carbocycles. The van der Waals surface area contributed by atoms with E-state index in [0.29, 0.717) is 12.0 Å². The number of ether oxygens (including phenoxy) is 4. The summed E-state index contributed by atoms with van der Waals surface area (Å²) >= 11 is 0. The average molecular weight is 524 g/mol. The number of nitrogens with two attached hydrogens (primary N) is 1. The first-order valence-corrected chi connectivity index (χ1v) is 12.7.